The van der Waals surface area contributed by atoms with Gasteiger partial charge in [0.2, 0.25) is 5.69 Å². The molecule has 0 unspecified atom stereocenters. The first-order chi connectivity index (χ1) is 11.6. The summed E-state index contributed by atoms with van der Waals surface area (Å²) in [5, 5.41) is 7.94. The number of hydrogen-bond acceptors (Lipinski definition) is 5. The number of rotatable bonds is 4. The van der Waals surface area contributed by atoms with E-state index in [0.29, 0.717) is 17.2 Å². The van der Waals surface area contributed by atoms with Crippen LogP contribution in [0.25, 0.3) is 0 Å². The van der Waals surface area contributed by atoms with Crippen LogP contribution in [0.4, 0.5) is 5.69 Å². The molecule has 1 amide bonds. The van der Waals surface area contributed by atoms with Crippen LogP contribution in [0, 0.1) is 0 Å². The van der Waals surface area contributed by atoms with Crippen molar-refractivity contribution in [1.29, 1.82) is 0 Å². The van der Waals surface area contributed by atoms with Gasteiger partial charge in [0.1, 0.15) is 11.5 Å². The van der Waals surface area contributed by atoms with Crippen molar-refractivity contribution in [2.45, 2.75) is 0 Å². The predicted octanol–water partition coefficient (Wildman–Crippen LogP) is 1.50. The molecular weight excluding hydrogens is 312 g/mol. The molecule has 120 valence electrons. The Hall–Kier alpha value is -3.68. The van der Waals surface area contributed by atoms with E-state index in [4.69, 9.17) is 4.74 Å². The van der Waals surface area contributed by atoms with E-state index in [1.165, 1.54) is 0 Å². The number of H-pyrrole nitrogens is 2. The van der Waals surface area contributed by atoms with Crippen LogP contribution >= 0.6 is 0 Å². The normalized spacial score (nSPS) is 10.2. The van der Waals surface area contributed by atoms with Crippen LogP contribution in [0.2, 0.25) is 0 Å². The van der Waals surface area contributed by atoms with E-state index in [2.05, 4.69) is 10.4 Å². The molecule has 24 heavy (non-hydrogen) atoms. The fourth-order valence-electron chi connectivity index (χ4n) is 1.92. The number of ether oxygens (including phenoxy) is 1. The highest BCUT2D eigenvalue weighted by Crippen LogP contribution is 2.22. The minimum absolute atomic E-state index is 0.431. The van der Waals surface area contributed by atoms with Crippen molar-refractivity contribution in [2.24, 2.45) is 0 Å². The Labute approximate surface area is 135 Å². The van der Waals surface area contributed by atoms with Gasteiger partial charge in [-0.2, -0.15) is 5.10 Å². The minimum Gasteiger partial charge on any atom is -0.457 e. The molecule has 0 radical (unpaired) electrons. The van der Waals surface area contributed by atoms with Gasteiger partial charge in [-0.05, 0) is 36.4 Å². The fourth-order valence-corrected chi connectivity index (χ4v) is 1.92. The Morgan fingerprint density at radius 3 is 2.29 bits per heavy atom. The Morgan fingerprint density at radius 1 is 0.958 bits per heavy atom. The Balaban J connectivity index is 1.71. The van der Waals surface area contributed by atoms with Crippen molar-refractivity contribution in [3.05, 3.63) is 81.1 Å². The van der Waals surface area contributed by atoms with Gasteiger partial charge in [0.15, 0.2) is 0 Å². The second-order valence-electron chi connectivity index (χ2n) is 4.75. The zero-order valence-electron chi connectivity index (χ0n) is 12.3. The predicted molar refractivity (Wildman–Crippen MR) is 86.4 cm³/mol. The minimum atomic E-state index is -0.861. The van der Waals surface area contributed by atoms with Crippen molar-refractivity contribution in [1.82, 2.24) is 15.2 Å². The average molecular weight is 324 g/mol. The van der Waals surface area contributed by atoms with Crippen LogP contribution in [0.1, 0.15) is 10.5 Å². The third-order valence-corrected chi connectivity index (χ3v) is 3.02. The molecule has 3 aromatic rings. The highest BCUT2D eigenvalue weighted by molar-refractivity contribution is 6.02. The number of benzene rings is 2. The third-order valence-electron chi connectivity index (χ3n) is 3.02. The van der Waals surface area contributed by atoms with Crippen molar-refractivity contribution < 1.29 is 9.53 Å². The number of hydrogen-bond donors (Lipinski definition) is 3. The first kappa shape index (κ1) is 15.2. The van der Waals surface area contributed by atoms with Crippen LogP contribution in [0.15, 0.2) is 64.2 Å². The van der Waals surface area contributed by atoms with Crippen LogP contribution < -0.4 is 21.3 Å². The van der Waals surface area contributed by atoms with Crippen molar-refractivity contribution in [3.8, 4) is 11.5 Å². The van der Waals surface area contributed by atoms with Gasteiger partial charge in [0, 0.05) is 5.69 Å². The van der Waals surface area contributed by atoms with Crippen molar-refractivity contribution >= 4 is 11.6 Å². The van der Waals surface area contributed by atoms with Gasteiger partial charge in [-0.1, -0.05) is 18.2 Å². The first-order valence-corrected chi connectivity index (χ1v) is 6.95. The van der Waals surface area contributed by atoms with Crippen molar-refractivity contribution in [3.63, 3.8) is 0 Å². The van der Waals surface area contributed by atoms with Crippen molar-refractivity contribution in [2.75, 3.05) is 5.32 Å². The van der Waals surface area contributed by atoms with Gasteiger partial charge in [-0.25, -0.2) is 9.89 Å². The molecule has 3 rings (SSSR count). The molecule has 0 aliphatic carbocycles. The molecule has 0 bridgehead atoms. The Morgan fingerprint density at radius 2 is 1.62 bits per heavy atom. The number of nitrogens with one attached hydrogen (secondary N) is 3. The van der Waals surface area contributed by atoms with Gasteiger partial charge in [0.25, 0.3) is 11.5 Å². The van der Waals surface area contributed by atoms with E-state index in [0.717, 1.165) is 0 Å². The highest BCUT2D eigenvalue weighted by atomic mass is 16.5. The quantitative estimate of drug-likeness (QED) is 0.672. The van der Waals surface area contributed by atoms with Gasteiger partial charge < -0.3 is 10.1 Å². The lowest BCUT2D eigenvalue weighted by Crippen LogP contribution is -2.32. The molecule has 8 heteroatoms. The standard InChI is InChI=1S/C16H12N4O4/c21-14(13-15(22)18-16(23)20-19-13)17-10-6-8-12(9-7-10)24-11-4-2-1-3-5-11/h1-9H,(H,17,21)(H2,18,20,22,23). The first-order valence-electron chi connectivity index (χ1n) is 6.95. The molecule has 0 spiro atoms. The monoisotopic (exact) mass is 324 g/mol. The lowest BCUT2D eigenvalue weighted by Gasteiger charge is -2.07. The van der Waals surface area contributed by atoms with Crippen LogP contribution in [0.5, 0.6) is 11.5 Å². The molecule has 0 aliphatic heterocycles. The second kappa shape index (κ2) is 6.61. The SMILES string of the molecule is O=C(Nc1ccc(Oc2ccccc2)cc1)c1n[nH]c(=O)[nH]c1=O. The molecule has 0 saturated heterocycles. The summed E-state index contributed by atoms with van der Waals surface area (Å²) in [7, 11) is 0. The molecular formula is C16H12N4O4. The Bertz CT molecular complexity index is 962. The average Bonchev–Trinajstić information content (AvgIpc) is 2.57. The molecule has 3 N–H and O–H groups in total. The maximum atomic E-state index is 12.0. The summed E-state index contributed by atoms with van der Waals surface area (Å²) in [4.78, 5) is 36.3. The third kappa shape index (κ3) is 3.55. The van der Waals surface area contributed by atoms with Gasteiger partial charge in [-0.15, -0.1) is 0 Å². The molecule has 8 nitrogen and oxygen atoms in total. The van der Waals surface area contributed by atoms with E-state index in [1.54, 1.807) is 24.3 Å². The molecule has 0 fully saturated rings. The maximum Gasteiger partial charge on any atom is 0.342 e. The number of carbonyl (C=O) groups excluding carboxylic acids is 1. The van der Waals surface area contributed by atoms with E-state index in [9.17, 15) is 14.4 Å². The largest absolute Gasteiger partial charge is 0.457 e. The summed E-state index contributed by atoms with van der Waals surface area (Å²) in [6, 6.07) is 15.8. The molecule has 0 aliphatic rings. The number of amides is 1. The van der Waals surface area contributed by atoms with E-state index >= 15 is 0 Å². The number of carbonyl (C=O) groups is 1. The lowest BCUT2D eigenvalue weighted by atomic mass is 10.3. The zero-order valence-corrected chi connectivity index (χ0v) is 12.3. The van der Waals surface area contributed by atoms with Crippen LogP contribution in [0.3, 0.4) is 0 Å². The summed E-state index contributed by atoms with van der Waals surface area (Å²) in [6.07, 6.45) is 0. The summed E-state index contributed by atoms with van der Waals surface area (Å²) < 4.78 is 5.64. The smallest absolute Gasteiger partial charge is 0.342 e. The highest BCUT2D eigenvalue weighted by Gasteiger charge is 2.13. The Kier molecular flexibility index (Phi) is 4.19. The molecule has 1 heterocycles. The summed E-state index contributed by atoms with van der Waals surface area (Å²) >= 11 is 0. The van der Waals surface area contributed by atoms with Crippen LogP contribution in [-0.2, 0) is 0 Å². The topological polar surface area (TPSA) is 117 Å². The summed E-state index contributed by atoms with van der Waals surface area (Å²) in [5.74, 6) is 0.557. The number of aromatic amines is 2. The lowest BCUT2D eigenvalue weighted by molar-refractivity contribution is 0.101. The zero-order chi connectivity index (χ0) is 16.9. The van der Waals surface area contributed by atoms with E-state index in [-0.39, 0.29) is 0 Å². The fraction of sp³-hybridized carbons (Fsp3) is 0. The van der Waals surface area contributed by atoms with Gasteiger partial charge in [0.05, 0.1) is 0 Å². The van der Waals surface area contributed by atoms with E-state index < -0.39 is 22.9 Å². The number of nitrogens with zero attached hydrogens (tertiary/aromatic N) is 1. The number of aromatic nitrogens is 3. The molecule has 0 atom stereocenters. The summed E-state index contributed by atoms with van der Waals surface area (Å²) in [6.45, 7) is 0. The molecule has 0 saturated carbocycles. The van der Waals surface area contributed by atoms with Gasteiger partial charge in [-0.3, -0.25) is 14.6 Å². The van der Waals surface area contributed by atoms with Crippen LogP contribution in [-0.4, -0.2) is 21.1 Å². The number of anilines is 1. The number of para-hydroxylation sites is 1. The molecule has 2 aromatic carbocycles. The maximum absolute atomic E-state index is 12.0. The second-order valence-corrected chi connectivity index (χ2v) is 4.75. The summed E-state index contributed by atoms with van der Waals surface area (Å²) in [5.41, 5.74) is -1.62. The molecule has 1 aromatic heterocycles. The van der Waals surface area contributed by atoms with Gasteiger partial charge >= 0.3 is 5.69 Å². The van der Waals surface area contributed by atoms with E-state index in [1.807, 2.05) is 40.4 Å².